The van der Waals surface area contributed by atoms with Gasteiger partial charge in [0.15, 0.2) is 4.87 Å². The number of ether oxygens (including phenoxy) is 2. The first-order valence-electron chi connectivity index (χ1n) is 4.07. The zero-order chi connectivity index (χ0) is 11.7. The van der Waals surface area contributed by atoms with E-state index < -0.39 is 16.4 Å². The van der Waals surface area contributed by atoms with Crippen LogP contribution >= 0.6 is 23.2 Å². The van der Waals surface area contributed by atoms with Gasteiger partial charge in [-0.1, -0.05) is 29.8 Å². The third kappa shape index (κ3) is 1.57. The van der Waals surface area contributed by atoms with Crippen LogP contribution in [0.4, 0.5) is 0 Å². The molecule has 1 unspecified atom stereocenters. The summed E-state index contributed by atoms with van der Waals surface area (Å²) in [5.41, 5.74) is 2.44. The van der Waals surface area contributed by atoms with E-state index in [9.17, 15) is 4.79 Å². The summed E-state index contributed by atoms with van der Waals surface area (Å²) < 4.78 is 10.2. The number of hydrogen-bond acceptors (Lipinski definition) is 3. The van der Waals surface area contributed by atoms with E-state index in [4.69, 9.17) is 32.7 Å². The molecule has 1 aliphatic carbocycles. The van der Waals surface area contributed by atoms with Crippen molar-refractivity contribution in [1.29, 1.82) is 0 Å². The number of carbonyl (C=O) groups is 1. The molecule has 1 rings (SSSR count). The molecule has 5 heteroatoms. The fourth-order valence-electron chi connectivity index (χ4n) is 1.47. The standard InChI is InChI=1S/C10H10Cl2O3/c1-4-5-9(12)8(13)7(11)6-10(9,14-2)15-3/h5-6H,1H2,2-3H3. The summed E-state index contributed by atoms with van der Waals surface area (Å²) in [4.78, 5) is 10.2. The number of halogens is 2. The zero-order valence-corrected chi connectivity index (χ0v) is 9.85. The summed E-state index contributed by atoms with van der Waals surface area (Å²) >= 11 is 11.9. The van der Waals surface area contributed by atoms with E-state index in [1.54, 1.807) is 0 Å². The second-order valence-electron chi connectivity index (χ2n) is 2.96. The second kappa shape index (κ2) is 4.12. The lowest BCUT2D eigenvalue weighted by Crippen LogP contribution is -2.51. The van der Waals surface area contributed by atoms with E-state index in [0.29, 0.717) is 0 Å². The average molecular weight is 249 g/mol. The first-order valence-corrected chi connectivity index (χ1v) is 4.82. The van der Waals surface area contributed by atoms with Crippen molar-refractivity contribution in [1.82, 2.24) is 0 Å². The van der Waals surface area contributed by atoms with Crippen LogP contribution in [0, 0.1) is 0 Å². The number of rotatable bonds is 3. The quantitative estimate of drug-likeness (QED) is 0.436. The first-order chi connectivity index (χ1) is 6.97. The van der Waals surface area contributed by atoms with Crippen LogP contribution in [0.1, 0.15) is 0 Å². The molecule has 3 nitrogen and oxygen atoms in total. The molecule has 0 bridgehead atoms. The van der Waals surface area contributed by atoms with Gasteiger partial charge in [0.2, 0.25) is 11.6 Å². The number of alkyl halides is 1. The molecule has 0 aromatic rings. The Balaban J connectivity index is 3.37. The van der Waals surface area contributed by atoms with Gasteiger partial charge in [-0.15, -0.1) is 5.73 Å². The maximum absolute atomic E-state index is 11.8. The molecule has 0 radical (unpaired) electrons. The third-order valence-corrected chi connectivity index (χ3v) is 3.10. The lowest BCUT2D eigenvalue weighted by molar-refractivity contribution is -0.181. The van der Waals surface area contributed by atoms with Crippen LogP contribution in [0.25, 0.3) is 0 Å². The van der Waals surface area contributed by atoms with E-state index in [1.807, 2.05) is 0 Å². The van der Waals surface area contributed by atoms with Gasteiger partial charge in [0, 0.05) is 14.2 Å². The highest BCUT2D eigenvalue weighted by Gasteiger charge is 2.60. The molecule has 0 spiro atoms. The Bertz CT molecular complexity index is 365. The Morgan fingerprint density at radius 3 is 2.47 bits per heavy atom. The maximum Gasteiger partial charge on any atom is 0.221 e. The van der Waals surface area contributed by atoms with E-state index in [-0.39, 0.29) is 5.03 Å². The van der Waals surface area contributed by atoms with Crippen molar-refractivity contribution in [2.24, 2.45) is 0 Å². The molecule has 82 valence electrons. The van der Waals surface area contributed by atoms with E-state index >= 15 is 0 Å². The largest absolute Gasteiger partial charge is 0.348 e. The van der Waals surface area contributed by atoms with Crippen LogP contribution in [-0.4, -0.2) is 30.7 Å². The molecular weight excluding hydrogens is 239 g/mol. The van der Waals surface area contributed by atoms with E-state index in [2.05, 4.69) is 12.3 Å². The van der Waals surface area contributed by atoms with Gasteiger partial charge in [0.25, 0.3) is 0 Å². The molecule has 1 aliphatic rings. The number of carbonyl (C=O) groups excluding carboxylic acids is 1. The highest BCUT2D eigenvalue weighted by molar-refractivity contribution is 6.53. The number of hydrogen-bond donors (Lipinski definition) is 0. The van der Waals surface area contributed by atoms with Crippen molar-refractivity contribution in [2.75, 3.05) is 14.2 Å². The molecule has 0 N–H and O–H groups in total. The smallest absolute Gasteiger partial charge is 0.221 e. The molecule has 0 aromatic carbocycles. The fourth-order valence-corrected chi connectivity index (χ4v) is 2.20. The molecule has 0 amide bonds. The monoisotopic (exact) mass is 248 g/mol. The number of allylic oxidation sites excluding steroid dienone is 1. The van der Waals surface area contributed by atoms with Crippen molar-refractivity contribution in [3.63, 3.8) is 0 Å². The van der Waals surface area contributed by atoms with Crippen molar-refractivity contribution in [2.45, 2.75) is 10.7 Å². The summed E-state index contributed by atoms with van der Waals surface area (Å²) in [6.07, 6.45) is 2.60. The molecule has 0 saturated carbocycles. The summed E-state index contributed by atoms with van der Waals surface area (Å²) in [5, 5.41) is -0.0276. The van der Waals surface area contributed by atoms with E-state index in [0.717, 1.165) is 0 Å². The van der Waals surface area contributed by atoms with Gasteiger partial charge in [-0.2, -0.15) is 0 Å². The van der Waals surface area contributed by atoms with Gasteiger partial charge in [-0.25, -0.2) is 0 Å². The third-order valence-electron chi connectivity index (χ3n) is 2.28. The Hall–Kier alpha value is -0.570. The van der Waals surface area contributed by atoms with Crippen molar-refractivity contribution in [3.05, 3.63) is 29.5 Å². The zero-order valence-electron chi connectivity index (χ0n) is 8.34. The van der Waals surface area contributed by atoms with Gasteiger partial charge in [-0.3, -0.25) is 4.79 Å². The summed E-state index contributed by atoms with van der Waals surface area (Å²) in [7, 11) is 2.74. The van der Waals surface area contributed by atoms with Crippen molar-refractivity contribution >= 4 is 29.0 Å². The van der Waals surface area contributed by atoms with Crippen LogP contribution in [-0.2, 0) is 14.3 Å². The Labute approximate surface area is 97.9 Å². The van der Waals surface area contributed by atoms with Gasteiger partial charge in [0.1, 0.15) is 0 Å². The van der Waals surface area contributed by atoms with Crippen LogP contribution in [0.5, 0.6) is 0 Å². The molecule has 0 saturated heterocycles. The predicted octanol–water partition coefficient (Wildman–Crippen LogP) is 2.00. The summed E-state index contributed by atoms with van der Waals surface area (Å²) in [5.74, 6) is -1.90. The lowest BCUT2D eigenvalue weighted by Gasteiger charge is -2.34. The average Bonchev–Trinajstić information content (AvgIpc) is 2.41. The molecule has 1 atom stereocenters. The minimum atomic E-state index is -1.55. The topological polar surface area (TPSA) is 35.5 Å². The summed E-state index contributed by atoms with van der Waals surface area (Å²) in [6.45, 7) is 3.37. The van der Waals surface area contributed by atoms with Gasteiger partial charge >= 0.3 is 0 Å². The lowest BCUT2D eigenvalue weighted by atomic mass is 9.99. The molecule has 0 aliphatic heterocycles. The molecule has 0 fully saturated rings. The first kappa shape index (κ1) is 12.5. The van der Waals surface area contributed by atoms with Gasteiger partial charge in [0.05, 0.1) is 5.03 Å². The van der Waals surface area contributed by atoms with Crippen LogP contribution in [0.15, 0.2) is 29.5 Å². The highest BCUT2D eigenvalue weighted by atomic mass is 35.5. The van der Waals surface area contributed by atoms with Gasteiger partial charge in [-0.05, 0) is 12.2 Å². The Morgan fingerprint density at radius 1 is 1.53 bits per heavy atom. The highest BCUT2D eigenvalue weighted by Crippen LogP contribution is 2.45. The maximum atomic E-state index is 11.8. The SMILES string of the molecule is C=C=CC1(Cl)C(=O)C(Cl)=CC1(OC)OC. The number of ketones is 1. The normalized spacial score (nSPS) is 28.5. The van der Waals surface area contributed by atoms with E-state index in [1.165, 1.54) is 26.4 Å². The molecule has 0 heterocycles. The van der Waals surface area contributed by atoms with Crippen LogP contribution < -0.4 is 0 Å². The van der Waals surface area contributed by atoms with Crippen molar-refractivity contribution in [3.8, 4) is 0 Å². The molecule has 0 aromatic heterocycles. The van der Waals surface area contributed by atoms with Crippen LogP contribution in [0.2, 0.25) is 0 Å². The Morgan fingerprint density at radius 2 is 2.07 bits per heavy atom. The summed E-state index contributed by atoms with van der Waals surface area (Å²) in [6, 6.07) is 0. The number of Topliss-reactive ketones (excluding diaryl/α,β-unsaturated/α-hetero) is 1. The minimum absolute atomic E-state index is 0.0276. The van der Waals surface area contributed by atoms with Crippen molar-refractivity contribution < 1.29 is 14.3 Å². The van der Waals surface area contributed by atoms with Crippen LogP contribution in [0.3, 0.4) is 0 Å². The van der Waals surface area contributed by atoms with Gasteiger partial charge < -0.3 is 9.47 Å². The Kier molecular flexibility index (Phi) is 3.44. The predicted molar refractivity (Wildman–Crippen MR) is 58.0 cm³/mol. The fraction of sp³-hybridized carbons (Fsp3) is 0.400. The molecule has 15 heavy (non-hydrogen) atoms. The minimum Gasteiger partial charge on any atom is -0.348 e. The molecular formula is C10H10Cl2O3. The second-order valence-corrected chi connectivity index (χ2v) is 3.96. The number of methoxy groups -OCH3 is 2.